The van der Waals surface area contributed by atoms with Gasteiger partial charge in [-0.3, -0.25) is 0 Å². The highest BCUT2D eigenvalue weighted by Gasteiger charge is 2.51. The lowest BCUT2D eigenvalue weighted by atomic mass is 9.79. The highest BCUT2D eigenvalue weighted by atomic mass is 32.2. The van der Waals surface area contributed by atoms with Crippen LogP contribution < -0.4 is 0 Å². The number of hydrogen-bond donors (Lipinski definition) is 0. The first-order valence-corrected chi connectivity index (χ1v) is 15.3. The molecule has 6 heteroatoms. The van der Waals surface area contributed by atoms with Gasteiger partial charge in [-0.1, -0.05) is 52.3 Å². The minimum Gasteiger partial charge on any atom is -0.414 e. The van der Waals surface area contributed by atoms with E-state index in [0.717, 1.165) is 12.0 Å². The van der Waals surface area contributed by atoms with E-state index in [1.165, 1.54) is 0 Å². The molecule has 1 saturated carbocycles. The number of nitrogens with zero attached hydrogens (tertiary/aromatic N) is 1. The van der Waals surface area contributed by atoms with Crippen LogP contribution in [0.2, 0.25) is 18.1 Å². The molecule has 0 bridgehead atoms. The molecular formula is C23H39NO3SSi. The second-order valence-corrected chi connectivity index (χ2v) is 17.6. The van der Waals surface area contributed by atoms with Gasteiger partial charge in [-0.05, 0) is 67.3 Å². The second-order valence-electron chi connectivity index (χ2n) is 11.0. The number of sulfonamides is 1. The van der Waals surface area contributed by atoms with Gasteiger partial charge in [0, 0.05) is 19.2 Å². The Morgan fingerprint density at radius 1 is 1.03 bits per heavy atom. The number of fused-ring (bicyclic) bond motifs is 1. The van der Waals surface area contributed by atoms with Crippen LogP contribution in [0.4, 0.5) is 0 Å². The van der Waals surface area contributed by atoms with Crippen LogP contribution >= 0.6 is 0 Å². The lowest BCUT2D eigenvalue weighted by Gasteiger charge is -2.40. The van der Waals surface area contributed by atoms with Crippen LogP contribution in [0, 0.1) is 30.6 Å². The summed E-state index contributed by atoms with van der Waals surface area (Å²) < 4.78 is 35.1. The Hall–Kier alpha value is -0.693. The first-order chi connectivity index (χ1) is 13.2. The van der Waals surface area contributed by atoms with Crippen molar-refractivity contribution in [3.05, 3.63) is 29.8 Å². The topological polar surface area (TPSA) is 46.6 Å². The molecule has 1 aliphatic heterocycles. The van der Waals surface area contributed by atoms with Gasteiger partial charge in [0.25, 0.3) is 0 Å². The van der Waals surface area contributed by atoms with Crippen LogP contribution in [0.25, 0.3) is 0 Å². The maximum absolute atomic E-state index is 13.3. The van der Waals surface area contributed by atoms with E-state index in [4.69, 9.17) is 4.43 Å². The number of rotatable bonds is 4. The smallest absolute Gasteiger partial charge is 0.243 e. The Kier molecular flexibility index (Phi) is 6.16. The molecule has 0 radical (unpaired) electrons. The largest absolute Gasteiger partial charge is 0.414 e. The van der Waals surface area contributed by atoms with Crippen molar-refractivity contribution in [2.45, 2.75) is 77.1 Å². The molecule has 1 aromatic rings. The number of hydrogen-bond acceptors (Lipinski definition) is 3. The maximum Gasteiger partial charge on any atom is 0.243 e. The molecule has 5 atom stereocenters. The summed E-state index contributed by atoms with van der Waals surface area (Å²) in [5, 5.41) is 0.187. The van der Waals surface area contributed by atoms with Gasteiger partial charge in [0.05, 0.1) is 4.90 Å². The van der Waals surface area contributed by atoms with Crippen LogP contribution in [-0.2, 0) is 14.4 Å². The average molecular weight is 438 g/mol. The molecule has 1 unspecified atom stereocenters. The van der Waals surface area contributed by atoms with Crippen LogP contribution in [0.1, 0.15) is 46.6 Å². The van der Waals surface area contributed by atoms with Crippen molar-refractivity contribution in [1.82, 2.24) is 4.31 Å². The highest BCUT2D eigenvalue weighted by Crippen LogP contribution is 2.49. The molecule has 2 aliphatic rings. The summed E-state index contributed by atoms with van der Waals surface area (Å²) in [6.45, 7) is 19.2. The Labute approximate surface area is 179 Å². The Balaban J connectivity index is 1.80. The summed E-state index contributed by atoms with van der Waals surface area (Å²) in [7, 11) is -5.29. The van der Waals surface area contributed by atoms with Gasteiger partial charge < -0.3 is 4.43 Å². The fraction of sp³-hybridized carbons (Fsp3) is 0.739. The maximum atomic E-state index is 13.3. The van der Waals surface area contributed by atoms with E-state index in [1.54, 1.807) is 16.4 Å². The Morgan fingerprint density at radius 2 is 1.62 bits per heavy atom. The van der Waals surface area contributed by atoms with Crippen LogP contribution in [0.15, 0.2) is 29.2 Å². The number of benzene rings is 1. The molecular weight excluding hydrogens is 398 g/mol. The van der Waals surface area contributed by atoms with Gasteiger partial charge in [-0.25, -0.2) is 8.42 Å². The molecule has 0 N–H and O–H groups in total. The summed E-state index contributed by atoms with van der Waals surface area (Å²) in [5.41, 5.74) is 1.08. The Bertz CT molecular complexity index is 829. The van der Waals surface area contributed by atoms with Gasteiger partial charge >= 0.3 is 0 Å². The molecule has 0 aromatic heterocycles. The standard InChI is InChI=1S/C23H39NO3SSi/c1-16-9-11-19(12-10-16)28(25,26)24-14-17(2)20-13-22(18(3)21(20)15-24)27-29(7,8)23(4,5)6/h9-12,17-18,20-22H,13-15H2,1-8H3/t17-,18-,20-,21-,22?/m0/s1. The van der Waals surface area contributed by atoms with Gasteiger partial charge in [0.15, 0.2) is 8.32 Å². The van der Waals surface area contributed by atoms with Crippen molar-refractivity contribution in [3.63, 3.8) is 0 Å². The fourth-order valence-electron chi connectivity index (χ4n) is 4.81. The molecule has 1 aromatic carbocycles. The summed E-state index contributed by atoms with van der Waals surface area (Å²) >= 11 is 0. The van der Waals surface area contributed by atoms with Crippen molar-refractivity contribution in [1.29, 1.82) is 0 Å². The first kappa shape index (κ1) is 23.0. The van der Waals surface area contributed by atoms with E-state index in [1.807, 2.05) is 19.1 Å². The van der Waals surface area contributed by atoms with Crippen molar-refractivity contribution in [2.24, 2.45) is 23.7 Å². The lowest BCUT2D eigenvalue weighted by Crippen LogP contribution is -2.48. The Morgan fingerprint density at radius 3 is 2.17 bits per heavy atom. The molecule has 0 amide bonds. The average Bonchev–Trinajstić information content (AvgIpc) is 2.91. The van der Waals surface area contributed by atoms with Gasteiger partial charge in [-0.2, -0.15) is 4.31 Å². The molecule has 1 heterocycles. The normalized spacial score (nSPS) is 31.7. The van der Waals surface area contributed by atoms with Crippen LogP contribution in [0.3, 0.4) is 0 Å². The zero-order valence-corrected chi connectivity index (χ0v) is 21.2. The van der Waals surface area contributed by atoms with E-state index >= 15 is 0 Å². The molecule has 2 fully saturated rings. The van der Waals surface area contributed by atoms with Crippen molar-refractivity contribution in [3.8, 4) is 0 Å². The van der Waals surface area contributed by atoms with Crippen molar-refractivity contribution in [2.75, 3.05) is 13.1 Å². The summed E-state index contributed by atoms with van der Waals surface area (Å²) in [6, 6.07) is 7.24. The predicted octanol–water partition coefficient (Wildman–Crippen LogP) is 5.30. The third kappa shape index (κ3) is 4.36. The van der Waals surface area contributed by atoms with E-state index in [9.17, 15) is 8.42 Å². The molecule has 164 valence electrons. The summed E-state index contributed by atoms with van der Waals surface area (Å²) in [6.07, 6.45) is 1.31. The van der Waals surface area contributed by atoms with Gasteiger partial charge in [0.1, 0.15) is 0 Å². The minimum absolute atomic E-state index is 0.187. The van der Waals surface area contributed by atoms with E-state index in [0.29, 0.717) is 41.7 Å². The quantitative estimate of drug-likeness (QED) is 0.601. The fourth-order valence-corrected chi connectivity index (χ4v) is 7.81. The third-order valence-electron chi connectivity index (χ3n) is 7.86. The minimum atomic E-state index is -3.45. The molecule has 1 saturated heterocycles. The molecule has 3 rings (SSSR count). The van der Waals surface area contributed by atoms with E-state index < -0.39 is 18.3 Å². The molecule has 0 spiro atoms. The van der Waals surface area contributed by atoms with E-state index in [-0.39, 0.29) is 11.1 Å². The summed E-state index contributed by atoms with van der Waals surface area (Å²) in [4.78, 5) is 0.411. The first-order valence-electron chi connectivity index (χ1n) is 11.0. The number of aryl methyl sites for hydroxylation is 1. The van der Waals surface area contributed by atoms with Crippen molar-refractivity contribution < 1.29 is 12.8 Å². The zero-order valence-electron chi connectivity index (χ0n) is 19.4. The predicted molar refractivity (Wildman–Crippen MR) is 122 cm³/mol. The summed E-state index contributed by atoms with van der Waals surface area (Å²) in [5.74, 6) is 1.65. The van der Waals surface area contributed by atoms with Crippen molar-refractivity contribution >= 4 is 18.3 Å². The van der Waals surface area contributed by atoms with Gasteiger partial charge in [-0.15, -0.1) is 0 Å². The van der Waals surface area contributed by atoms with Crippen LogP contribution in [0.5, 0.6) is 0 Å². The highest BCUT2D eigenvalue weighted by molar-refractivity contribution is 7.89. The van der Waals surface area contributed by atoms with E-state index in [2.05, 4.69) is 47.7 Å². The lowest BCUT2D eigenvalue weighted by molar-refractivity contribution is 0.114. The zero-order chi connectivity index (χ0) is 21.8. The second kappa shape index (κ2) is 7.77. The molecule has 1 aliphatic carbocycles. The SMILES string of the molecule is Cc1ccc(S(=O)(=O)N2C[C@@H]3[C@@H](CC(O[Si](C)(C)C(C)(C)C)[C@H]3C)[C@@H](C)C2)cc1. The molecule has 4 nitrogen and oxygen atoms in total. The number of piperidine rings is 1. The molecule has 29 heavy (non-hydrogen) atoms. The van der Waals surface area contributed by atoms with Crippen LogP contribution in [-0.4, -0.2) is 40.2 Å². The van der Waals surface area contributed by atoms with Gasteiger partial charge in [0.2, 0.25) is 10.0 Å². The monoisotopic (exact) mass is 437 g/mol. The third-order valence-corrected chi connectivity index (χ3v) is 14.2.